The number of terminal acetylenes is 1. The summed E-state index contributed by atoms with van der Waals surface area (Å²) in [6.07, 6.45) is 7.72. The molecule has 1 N–H and O–H groups in total. The van der Waals surface area contributed by atoms with Crippen molar-refractivity contribution in [3.8, 4) is 12.3 Å². The molecule has 1 rings (SSSR count). The Morgan fingerprint density at radius 3 is 2.94 bits per heavy atom. The molecule has 0 atom stereocenters. The maximum atomic E-state index is 11.6. The minimum Gasteiger partial charge on any atom is -0.352 e. The van der Waals surface area contributed by atoms with Crippen LogP contribution >= 0.6 is 11.6 Å². The molecule has 1 aromatic rings. The summed E-state index contributed by atoms with van der Waals surface area (Å²) in [4.78, 5) is 11.6. The molecule has 0 saturated heterocycles. The van der Waals surface area contributed by atoms with Gasteiger partial charge in [0.25, 0.3) is 5.91 Å². The van der Waals surface area contributed by atoms with Gasteiger partial charge in [-0.05, 0) is 31.0 Å². The van der Waals surface area contributed by atoms with Crippen molar-refractivity contribution in [3.63, 3.8) is 0 Å². The Hall–Kier alpha value is -1.46. The predicted molar refractivity (Wildman–Crippen MR) is 66.5 cm³/mol. The molecule has 0 radical (unpaired) electrons. The number of amides is 1. The van der Waals surface area contributed by atoms with E-state index in [2.05, 4.69) is 11.2 Å². The monoisotopic (exact) mass is 235 g/mol. The number of hydrogen-bond donors (Lipinski definition) is 1. The fourth-order valence-corrected chi connectivity index (χ4v) is 1.48. The summed E-state index contributed by atoms with van der Waals surface area (Å²) in [6.45, 7) is 0.646. The van der Waals surface area contributed by atoms with Gasteiger partial charge < -0.3 is 5.32 Å². The van der Waals surface area contributed by atoms with E-state index in [1.807, 2.05) is 0 Å². The highest BCUT2D eigenvalue weighted by molar-refractivity contribution is 6.30. The van der Waals surface area contributed by atoms with Crippen LogP contribution in [0.2, 0.25) is 5.02 Å². The number of hydrogen-bond acceptors (Lipinski definition) is 1. The number of benzene rings is 1. The molecule has 0 saturated carbocycles. The number of halogens is 1. The lowest BCUT2D eigenvalue weighted by molar-refractivity contribution is 0.0953. The molecule has 0 heterocycles. The first kappa shape index (κ1) is 12.6. The van der Waals surface area contributed by atoms with Gasteiger partial charge in [-0.25, -0.2) is 0 Å². The Balaban J connectivity index is 2.33. The Morgan fingerprint density at radius 2 is 2.25 bits per heavy atom. The average molecular weight is 236 g/mol. The minimum absolute atomic E-state index is 0.0943. The second-order valence-corrected chi connectivity index (χ2v) is 3.86. The maximum absolute atomic E-state index is 11.6. The van der Waals surface area contributed by atoms with E-state index in [1.54, 1.807) is 24.3 Å². The molecule has 1 aromatic carbocycles. The van der Waals surface area contributed by atoms with Crippen molar-refractivity contribution in [3.05, 3.63) is 34.9 Å². The maximum Gasteiger partial charge on any atom is 0.251 e. The Morgan fingerprint density at radius 1 is 1.44 bits per heavy atom. The van der Waals surface area contributed by atoms with Gasteiger partial charge in [0.2, 0.25) is 0 Å². The highest BCUT2D eigenvalue weighted by Crippen LogP contribution is 2.10. The number of carbonyl (C=O) groups excluding carboxylic acids is 1. The third-order valence-electron chi connectivity index (χ3n) is 2.12. The molecule has 3 heteroatoms. The predicted octanol–water partition coefficient (Wildman–Crippen LogP) is 2.87. The van der Waals surface area contributed by atoms with Crippen LogP contribution < -0.4 is 5.32 Å². The Labute approximate surface area is 101 Å². The zero-order valence-corrected chi connectivity index (χ0v) is 9.76. The Bertz CT molecular complexity index is 395. The fourth-order valence-electron chi connectivity index (χ4n) is 1.29. The van der Waals surface area contributed by atoms with Crippen LogP contribution in [-0.2, 0) is 0 Å². The summed E-state index contributed by atoms with van der Waals surface area (Å²) in [6, 6.07) is 6.89. The quantitative estimate of drug-likeness (QED) is 0.617. The lowest BCUT2D eigenvalue weighted by Gasteiger charge is -2.04. The first-order chi connectivity index (χ1) is 7.74. The first-order valence-corrected chi connectivity index (χ1v) is 5.59. The molecule has 0 aliphatic rings. The lowest BCUT2D eigenvalue weighted by atomic mass is 10.2. The first-order valence-electron chi connectivity index (χ1n) is 5.21. The topological polar surface area (TPSA) is 29.1 Å². The van der Waals surface area contributed by atoms with E-state index in [-0.39, 0.29) is 5.91 Å². The van der Waals surface area contributed by atoms with Crippen LogP contribution in [0.5, 0.6) is 0 Å². The smallest absolute Gasteiger partial charge is 0.251 e. The highest BCUT2D eigenvalue weighted by Gasteiger charge is 2.04. The van der Waals surface area contributed by atoms with Crippen molar-refractivity contribution in [1.29, 1.82) is 0 Å². The number of carbonyl (C=O) groups is 1. The Kier molecular flexibility index (Phi) is 5.45. The molecule has 0 fully saturated rings. The molecule has 0 aromatic heterocycles. The van der Waals surface area contributed by atoms with E-state index < -0.39 is 0 Å². The van der Waals surface area contributed by atoms with Crippen LogP contribution in [0.15, 0.2) is 24.3 Å². The summed E-state index contributed by atoms with van der Waals surface area (Å²) in [5, 5.41) is 3.39. The van der Waals surface area contributed by atoms with Crippen LogP contribution in [0.1, 0.15) is 29.6 Å². The molecule has 0 aliphatic carbocycles. The van der Waals surface area contributed by atoms with Gasteiger partial charge in [-0.2, -0.15) is 0 Å². The van der Waals surface area contributed by atoms with Gasteiger partial charge in [-0.15, -0.1) is 12.3 Å². The van der Waals surface area contributed by atoms with Gasteiger partial charge in [-0.3, -0.25) is 4.79 Å². The molecule has 0 spiro atoms. The molecule has 0 unspecified atom stereocenters. The molecule has 1 amide bonds. The second-order valence-electron chi connectivity index (χ2n) is 3.43. The third-order valence-corrected chi connectivity index (χ3v) is 2.36. The zero-order chi connectivity index (χ0) is 11.8. The minimum atomic E-state index is -0.0943. The van der Waals surface area contributed by atoms with E-state index in [1.165, 1.54) is 0 Å². The van der Waals surface area contributed by atoms with E-state index in [9.17, 15) is 4.79 Å². The van der Waals surface area contributed by atoms with Crippen molar-refractivity contribution < 1.29 is 4.79 Å². The highest BCUT2D eigenvalue weighted by atomic mass is 35.5. The molecule has 84 valence electrons. The van der Waals surface area contributed by atoms with Gasteiger partial charge in [0.05, 0.1) is 0 Å². The van der Waals surface area contributed by atoms with Gasteiger partial charge in [-0.1, -0.05) is 17.7 Å². The van der Waals surface area contributed by atoms with Crippen LogP contribution in [0.4, 0.5) is 0 Å². The van der Waals surface area contributed by atoms with Gasteiger partial charge in [0, 0.05) is 23.6 Å². The normalized spacial score (nSPS) is 9.50. The van der Waals surface area contributed by atoms with Crippen molar-refractivity contribution in [2.75, 3.05) is 6.54 Å². The summed E-state index contributed by atoms with van der Waals surface area (Å²) in [5.74, 6) is 2.47. The number of unbranched alkanes of at least 4 members (excludes halogenated alkanes) is 2. The van der Waals surface area contributed by atoms with Crippen molar-refractivity contribution in [2.45, 2.75) is 19.3 Å². The fraction of sp³-hybridized carbons (Fsp3) is 0.308. The van der Waals surface area contributed by atoms with E-state index in [4.69, 9.17) is 18.0 Å². The third kappa shape index (κ3) is 4.37. The summed E-state index contributed by atoms with van der Waals surface area (Å²) in [7, 11) is 0. The van der Waals surface area contributed by atoms with Crippen molar-refractivity contribution in [2.24, 2.45) is 0 Å². The van der Waals surface area contributed by atoms with E-state index in [0.29, 0.717) is 17.1 Å². The number of rotatable bonds is 5. The van der Waals surface area contributed by atoms with Crippen molar-refractivity contribution in [1.82, 2.24) is 5.32 Å². The zero-order valence-electron chi connectivity index (χ0n) is 9.00. The largest absolute Gasteiger partial charge is 0.352 e. The van der Waals surface area contributed by atoms with Gasteiger partial charge in [0.1, 0.15) is 0 Å². The summed E-state index contributed by atoms with van der Waals surface area (Å²) in [5.41, 5.74) is 0.587. The molecular formula is C13H14ClNO. The summed E-state index contributed by atoms with van der Waals surface area (Å²) < 4.78 is 0. The van der Waals surface area contributed by atoms with Crippen LogP contribution in [-0.4, -0.2) is 12.5 Å². The molecular weight excluding hydrogens is 222 g/mol. The van der Waals surface area contributed by atoms with E-state index in [0.717, 1.165) is 19.3 Å². The van der Waals surface area contributed by atoms with Crippen molar-refractivity contribution >= 4 is 17.5 Å². The standard InChI is InChI=1S/C13H14ClNO/c1-2-3-4-5-9-15-13(16)11-7-6-8-12(14)10-11/h1,6-8,10H,3-5,9H2,(H,15,16). The average Bonchev–Trinajstić information content (AvgIpc) is 2.28. The van der Waals surface area contributed by atoms with Crippen LogP contribution in [0.3, 0.4) is 0 Å². The van der Waals surface area contributed by atoms with Gasteiger partial charge in [0.15, 0.2) is 0 Å². The summed E-state index contributed by atoms with van der Waals surface area (Å²) >= 11 is 5.79. The lowest BCUT2D eigenvalue weighted by Crippen LogP contribution is -2.24. The second kappa shape index (κ2) is 6.92. The SMILES string of the molecule is C#CCCCCNC(=O)c1cccc(Cl)c1. The van der Waals surface area contributed by atoms with Crippen LogP contribution in [0, 0.1) is 12.3 Å². The van der Waals surface area contributed by atoms with Crippen LogP contribution in [0.25, 0.3) is 0 Å². The molecule has 0 bridgehead atoms. The number of nitrogens with one attached hydrogen (secondary N) is 1. The molecule has 0 aliphatic heterocycles. The molecule has 16 heavy (non-hydrogen) atoms. The van der Waals surface area contributed by atoms with Gasteiger partial charge >= 0.3 is 0 Å². The molecule has 2 nitrogen and oxygen atoms in total. The van der Waals surface area contributed by atoms with E-state index >= 15 is 0 Å².